The maximum absolute atomic E-state index is 6.64. The molecule has 2 aliphatic carbocycles. The Morgan fingerprint density at radius 2 is 1.37 bits per heavy atom. The van der Waals surface area contributed by atoms with E-state index in [4.69, 9.17) is 19.4 Å². The number of thiophene rings is 1. The van der Waals surface area contributed by atoms with Gasteiger partial charge in [0.05, 0.1) is 0 Å². The molecule has 1 unspecified atom stereocenters. The molecule has 0 radical (unpaired) electrons. The van der Waals surface area contributed by atoms with Crippen LogP contribution in [0, 0.1) is 5.41 Å². The van der Waals surface area contributed by atoms with Crippen LogP contribution in [0.4, 0.5) is 0 Å². The number of hydrogen-bond donors (Lipinski definition) is 0. The van der Waals surface area contributed by atoms with Crippen molar-refractivity contribution in [2.75, 3.05) is 0 Å². The number of nitrogens with zero attached hydrogens (tertiary/aromatic N) is 3. The van der Waals surface area contributed by atoms with Gasteiger partial charge in [-0.2, -0.15) is 0 Å². The molecule has 0 aliphatic heterocycles. The third kappa shape index (κ3) is 5.09. The van der Waals surface area contributed by atoms with Crippen LogP contribution in [0.3, 0.4) is 0 Å². The van der Waals surface area contributed by atoms with Crippen LogP contribution in [0.2, 0.25) is 0 Å². The summed E-state index contributed by atoms with van der Waals surface area (Å²) in [5.74, 6) is 1.91. The standard InChI is InChI=1S/C52H33N3OS/c1-52-25-23-32-12-5-7-15-37(32)43(52)29-35(24-26-52)50-53-49(33-13-3-2-4-14-33)54-51(55-50)42-28-36(30-45-47(42)40-17-9-10-18-44(40)56-45)34-20-22-46-41(27-34)39-21-19-31-11-6-8-16-38(31)48(39)57-46/h2-25,27-30H,26H2,1H3. The zero-order valence-corrected chi connectivity index (χ0v) is 31.8. The van der Waals surface area contributed by atoms with Gasteiger partial charge in [0, 0.05) is 53.1 Å². The van der Waals surface area contributed by atoms with Crippen molar-refractivity contribution in [1.29, 1.82) is 0 Å². The Morgan fingerprint density at radius 3 is 2.30 bits per heavy atom. The summed E-state index contributed by atoms with van der Waals surface area (Å²) in [6.45, 7) is 2.32. The Labute approximate surface area is 332 Å². The molecule has 268 valence electrons. The van der Waals surface area contributed by atoms with Gasteiger partial charge in [0.2, 0.25) is 0 Å². The van der Waals surface area contributed by atoms with Gasteiger partial charge in [0.1, 0.15) is 11.2 Å². The van der Waals surface area contributed by atoms with E-state index in [1.807, 2.05) is 41.7 Å². The summed E-state index contributed by atoms with van der Waals surface area (Å²) in [6.07, 6.45) is 10.0. The molecular weight excluding hydrogens is 715 g/mol. The molecule has 12 rings (SSSR count). The first-order valence-electron chi connectivity index (χ1n) is 19.4. The lowest BCUT2D eigenvalue weighted by Gasteiger charge is -2.35. The lowest BCUT2D eigenvalue weighted by Crippen LogP contribution is -2.21. The van der Waals surface area contributed by atoms with Gasteiger partial charge < -0.3 is 4.42 Å². The van der Waals surface area contributed by atoms with Crippen molar-refractivity contribution in [3.63, 3.8) is 0 Å². The van der Waals surface area contributed by atoms with Crippen molar-refractivity contribution in [2.45, 2.75) is 13.3 Å². The zero-order valence-electron chi connectivity index (χ0n) is 31.0. The normalized spacial score (nSPS) is 16.3. The summed E-state index contributed by atoms with van der Waals surface area (Å²) in [6, 6.07) is 51.5. The van der Waals surface area contributed by atoms with Crippen LogP contribution >= 0.6 is 11.3 Å². The predicted octanol–water partition coefficient (Wildman–Crippen LogP) is 14.2. The van der Waals surface area contributed by atoms with Crippen LogP contribution in [0.1, 0.15) is 30.3 Å². The average molecular weight is 748 g/mol. The van der Waals surface area contributed by atoms with Crippen LogP contribution in [0.15, 0.2) is 168 Å². The first-order valence-corrected chi connectivity index (χ1v) is 20.2. The molecule has 0 N–H and O–H groups in total. The molecule has 5 heteroatoms. The van der Waals surface area contributed by atoms with Crippen LogP contribution in [0.5, 0.6) is 0 Å². The van der Waals surface area contributed by atoms with Crippen molar-refractivity contribution in [2.24, 2.45) is 5.41 Å². The van der Waals surface area contributed by atoms with Gasteiger partial charge in [0.25, 0.3) is 0 Å². The van der Waals surface area contributed by atoms with Crippen molar-refractivity contribution in [1.82, 2.24) is 15.0 Å². The number of benzene rings is 7. The average Bonchev–Trinajstić information content (AvgIpc) is 3.84. The molecule has 3 aromatic heterocycles. The van der Waals surface area contributed by atoms with Gasteiger partial charge in [-0.3, -0.25) is 0 Å². The highest BCUT2D eigenvalue weighted by Crippen LogP contribution is 2.49. The van der Waals surface area contributed by atoms with Crippen molar-refractivity contribution in [3.8, 4) is 33.9 Å². The molecular formula is C52H33N3OS. The molecule has 0 amide bonds. The molecule has 4 nitrogen and oxygen atoms in total. The summed E-state index contributed by atoms with van der Waals surface area (Å²) < 4.78 is 9.23. The lowest BCUT2D eigenvalue weighted by molar-refractivity contribution is 0.579. The van der Waals surface area contributed by atoms with E-state index in [0.29, 0.717) is 17.5 Å². The Balaban J connectivity index is 1.08. The SMILES string of the molecule is CC12C=Cc3ccccc3C1=CC(c1nc(-c3ccccc3)nc(-c3cc(-c4ccc5sc6c7ccccc7ccc6c5c4)cc4oc5ccccc5c34)n1)=CC2. The van der Waals surface area contributed by atoms with Gasteiger partial charge >= 0.3 is 0 Å². The highest BCUT2D eigenvalue weighted by Gasteiger charge is 2.33. The second-order valence-corrected chi connectivity index (χ2v) is 16.5. The van der Waals surface area contributed by atoms with Crippen molar-refractivity contribution >= 4 is 81.4 Å². The molecule has 57 heavy (non-hydrogen) atoms. The lowest BCUT2D eigenvalue weighted by atomic mass is 9.68. The van der Waals surface area contributed by atoms with Crippen LogP contribution in [-0.4, -0.2) is 15.0 Å². The van der Waals surface area contributed by atoms with Crippen LogP contribution < -0.4 is 0 Å². The fourth-order valence-electron chi connectivity index (χ4n) is 8.89. The number of aromatic nitrogens is 3. The minimum atomic E-state index is -0.103. The Kier molecular flexibility index (Phi) is 6.96. The number of furan rings is 1. The maximum atomic E-state index is 6.64. The van der Waals surface area contributed by atoms with Gasteiger partial charge in [0.15, 0.2) is 17.5 Å². The number of hydrogen-bond acceptors (Lipinski definition) is 5. The summed E-state index contributed by atoms with van der Waals surface area (Å²) in [5, 5.41) is 7.11. The molecule has 1 atom stereocenters. The molecule has 10 aromatic rings. The van der Waals surface area contributed by atoms with E-state index in [1.54, 1.807) is 0 Å². The molecule has 2 aliphatic rings. The summed E-state index contributed by atoms with van der Waals surface area (Å²) >= 11 is 1.86. The number of rotatable bonds is 4. The quantitative estimate of drug-likeness (QED) is 0.180. The fourth-order valence-corrected chi connectivity index (χ4v) is 10.1. The highest BCUT2D eigenvalue weighted by molar-refractivity contribution is 7.26. The largest absolute Gasteiger partial charge is 0.456 e. The molecule has 0 bridgehead atoms. The van der Waals surface area contributed by atoms with Crippen LogP contribution in [-0.2, 0) is 0 Å². The summed E-state index contributed by atoms with van der Waals surface area (Å²) in [4.78, 5) is 15.8. The van der Waals surface area contributed by atoms with E-state index >= 15 is 0 Å². The fraction of sp³-hybridized carbons (Fsp3) is 0.0577. The molecule has 3 heterocycles. The topological polar surface area (TPSA) is 51.8 Å². The Hall–Kier alpha value is -6.95. The van der Waals surface area contributed by atoms with E-state index in [0.717, 1.165) is 56.2 Å². The number of allylic oxidation sites excluding steroid dienone is 5. The predicted molar refractivity (Wildman–Crippen MR) is 238 cm³/mol. The zero-order chi connectivity index (χ0) is 37.7. The van der Waals surface area contributed by atoms with E-state index in [-0.39, 0.29) is 5.41 Å². The third-order valence-corrected chi connectivity index (χ3v) is 13.1. The monoisotopic (exact) mass is 747 g/mol. The molecule has 0 spiro atoms. The smallest absolute Gasteiger partial charge is 0.164 e. The van der Waals surface area contributed by atoms with Gasteiger partial charge in [-0.25, -0.2) is 15.0 Å². The Morgan fingerprint density at radius 1 is 0.579 bits per heavy atom. The van der Waals surface area contributed by atoms with Crippen LogP contribution in [0.25, 0.3) is 104 Å². The van der Waals surface area contributed by atoms with E-state index in [2.05, 4.69) is 146 Å². The molecule has 0 saturated carbocycles. The molecule has 7 aromatic carbocycles. The second-order valence-electron chi connectivity index (χ2n) is 15.4. The van der Waals surface area contributed by atoms with Gasteiger partial charge in [-0.15, -0.1) is 11.3 Å². The van der Waals surface area contributed by atoms with Crippen molar-refractivity contribution in [3.05, 3.63) is 181 Å². The van der Waals surface area contributed by atoms with Crippen molar-refractivity contribution < 1.29 is 4.42 Å². The first-order chi connectivity index (χ1) is 28.1. The second kappa shape index (κ2) is 12.3. The molecule has 0 saturated heterocycles. The maximum Gasteiger partial charge on any atom is 0.164 e. The minimum absolute atomic E-state index is 0.103. The summed E-state index contributed by atoms with van der Waals surface area (Å²) in [5.41, 5.74) is 10.3. The van der Waals surface area contributed by atoms with E-state index < -0.39 is 0 Å². The van der Waals surface area contributed by atoms with E-state index in [1.165, 1.54) is 47.6 Å². The van der Waals surface area contributed by atoms with Gasteiger partial charge in [-0.1, -0.05) is 140 Å². The first kappa shape index (κ1) is 32.3. The number of fused-ring (bicyclic) bond motifs is 11. The van der Waals surface area contributed by atoms with Gasteiger partial charge in [-0.05, 0) is 81.4 Å². The highest BCUT2D eigenvalue weighted by atomic mass is 32.1. The Bertz CT molecular complexity index is 3400. The summed E-state index contributed by atoms with van der Waals surface area (Å²) in [7, 11) is 0. The third-order valence-electron chi connectivity index (χ3n) is 11.9. The van der Waals surface area contributed by atoms with E-state index in [9.17, 15) is 0 Å². The minimum Gasteiger partial charge on any atom is -0.456 e. The number of para-hydroxylation sites is 1. The molecule has 0 fully saturated rings.